The molecular weight excluding hydrogens is 397 g/mol. The van der Waals surface area contributed by atoms with Gasteiger partial charge in [0.25, 0.3) is 5.91 Å². The number of rotatable bonds is 4. The Morgan fingerprint density at radius 1 is 1.15 bits per heavy atom. The first-order chi connectivity index (χ1) is 12.8. The predicted molar refractivity (Wildman–Crippen MR) is 100 cm³/mol. The maximum absolute atomic E-state index is 13.3. The van der Waals surface area contributed by atoms with Crippen molar-refractivity contribution < 1.29 is 24.2 Å². The highest BCUT2D eigenvalue weighted by Crippen LogP contribution is 2.32. The third-order valence-electron chi connectivity index (χ3n) is 3.75. The Balaban J connectivity index is 2.08. The average molecular weight is 408 g/mol. The number of aromatic hydroxyl groups is 1. The highest BCUT2D eigenvalue weighted by atomic mass is 35.5. The van der Waals surface area contributed by atoms with Crippen LogP contribution in [0.15, 0.2) is 41.2 Å². The monoisotopic (exact) mass is 407 g/mol. The van der Waals surface area contributed by atoms with Gasteiger partial charge in [-0.25, -0.2) is 4.39 Å². The zero-order chi connectivity index (χ0) is 19.7. The van der Waals surface area contributed by atoms with Crippen molar-refractivity contribution in [2.24, 2.45) is 0 Å². The molecule has 1 heterocycles. The van der Waals surface area contributed by atoms with E-state index in [0.717, 1.165) is 11.3 Å². The second-order valence-electron chi connectivity index (χ2n) is 5.53. The number of nitrogens with one attached hydrogen (secondary N) is 1. The molecule has 0 spiro atoms. The van der Waals surface area contributed by atoms with Crippen LogP contribution in [0, 0.1) is 5.82 Å². The van der Waals surface area contributed by atoms with Crippen LogP contribution in [-0.2, 0) is 4.79 Å². The van der Waals surface area contributed by atoms with Crippen LogP contribution in [0.4, 0.5) is 4.39 Å². The summed E-state index contributed by atoms with van der Waals surface area (Å²) in [6, 6.07) is 8.89. The average Bonchev–Trinajstić information content (AvgIpc) is 2.61. The Morgan fingerprint density at radius 3 is 2.48 bits per heavy atom. The van der Waals surface area contributed by atoms with E-state index in [9.17, 15) is 23.9 Å². The molecule has 9 heteroatoms. The molecule has 0 bridgehead atoms. The van der Waals surface area contributed by atoms with Gasteiger partial charge in [0.15, 0.2) is 5.06 Å². The van der Waals surface area contributed by atoms with Crippen molar-refractivity contribution >= 4 is 44.9 Å². The number of aliphatic carboxylic acids is 1. The fourth-order valence-electron chi connectivity index (χ4n) is 2.48. The van der Waals surface area contributed by atoms with E-state index in [1.54, 1.807) is 12.1 Å². The van der Waals surface area contributed by atoms with Gasteiger partial charge in [0.2, 0.25) is 5.43 Å². The number of fused-ring (bicyclic) bond motifs is 1. The number of carboxylic acid groups (broad SMARTS) is 1. The van der Waals surface area contributed by atoms with Gasteiger partial charge in [-0.15, -0.1) is 0 Å². The summed E-state index contributed by atoms with van der Waals surface area (Å²) in [5.41, 5.74) is 0.0346. The van der Waals surface area contributed by atoms with Crippen LogP contribution in [0.3, 0.4) is 0 Å². The summed E-state index contributed by atoms with van der Waals surface area (Å²) < 4.78 is 13.7. The second-order valence-corrected chi connectivity index (χ2v) is 6.97. The molecule has 0 aliphatic carbocycles. The van der Waals surface area contributed by atoms with E-state index in [1.807, 2.05) is 0 Å². The number of carbonyl (C=O) groups is 2. The van der Waals surface area contributed by atoms with Crippen LogP contribution >= 0.6 is 22.9 Å². The van der Waals surface area contributed by atoms with Crippen LogP contribution in [0.2, 0.25) is 5.02 Å². The van der Waals surface area contributed by atoms with Gasteiger partial charge in [-0.2, -0.15) is 0 Å². The minimum absolute atomic E-state index is 0.0471. The Bertz CT molecular complexity index is 1140. The quantitative estimate of drug-likeness (QED) is 0.616. The summed E-state index contributed by atoms with van der Waals surface area (Å²) >= 11 is 6.59. The molecule has 0 aliphatic rings. The smallest absolute Gasteiger partial charge is 0.322 e. The molecule has 0 unspecified atom stereocenters. The molecule has 0 saturated carbocycles. The molecule has 0 saturated heterocycles. The van der Waals surface area contributed by atoms with Gasteiger partial charge in [-0.1, -0.05) is 35.1 Å². The minimum Gasteiger partial charge on any atom is -0.499 e. The molecule has 138 valence electrons. The minimum atomic E-state index is -1.28. The summed E-state index contributed by atoms with van der Waals surface area (Å²) in [6.07, 6.45) is 0. The van der Waals surface area contributed by atoms with Crippen molar-refractivity contribution in [3.63, 3.8) is 0 Å². The fraction of sp³-hybridized carbons (Fsp3) is 0.0556. The predicted octanol–water partition coefficient (Wildman–Crippen LogP) is 3.24. The number of amides is 1. The lowest BCUT2D eigenvalue weighted by atomic mass is 10.0. The molecule has 6 nitrogen and oxygen atoms in total. The van der Waals surface area contributed by atoms with Crippen molar-refractivity contribution in [2.45, 2.75) is 0 Å². The van der Waals surface area contributed by atoms with E-state index in [2.05, 4.69) is 5.32 Å². The van der Waals surface area contributed by atoms with Crippen LogP contribution < -0.4 is 10.7 Å². The van der Waals surface area contributed by atoms with Crippen LogP contribution in [0.25, 0.3) is 21.2 Å². The first-order valence-electron chi connectivity index (χ1n) is 7.53. The summed E-state index contributed by atoms with van der Waals surface area (Å²) in [5.74, 6) is -2.80. The summed E-state index contributed by atoms with van der Waals surface area (Å²) in [5, 5.41) is 20.4. The molecule has 1 amide bonds. The lowest BCUT2D eigenvalue weighted by Gasteiger charge is -2.08. The first kappa shape index (κ1) is 18.8. The molecule has 0 atom stereocenters. The molecule has 0 radical (unpaired) electrons. The Hall–Kier alpha value is -2.97. The molecule has 0 aliphatic heterocycles. The molecule has 3 aromatic rings. The number of halogens is 2. The molecule has 3 N–H and O–H groups in total. The third-order valence-corrected chi connectivity index (χ3v) is 5.00. The summed E-state index contributed by atoms with van der Waals surface area (Å²) in [4.78, 5) is 35.1. The third kappa shape index (κ3) is 3.76. The van der Waals surface area contributed by atoms with Crippen molar-refractivity contribution in [1.82, 2.24) is 5.32 Å². The van der Waals surface area contributed by atoms with Crippen molar-refractivity contribution in [3.8, 4) is 16.2 Å². The number of carbonyl (C=O) groups excluding carboxylic acids is 1. The van der Waals surface area contributed by atoms with E-state index >= 15 is 0 Å². The van der Waals surface area contributed by atoms with Gasteiger partial charge in [0.1, 0.15) is 17.9 Å². The fourth-order valence-corrected chi connectivity index (χ4v) is 3.61. The first-order valence-corrected chi connectivity index (χ1v) is 8.72. The zero-order valence-corrected chi connectivity index (χ0v) is 15.0. The molecule has 1 aromatic heterocycles. The Labute approximate surface area is 160 Å². The molecule has 3 rings (SSSR count). The number of hydrogen-bond donors (Lipinski definition) is 3. The van der Waals surface area contributed by atoms with Crippen molar-refractivity contribution in [1.29, 1.82) is 0 Å². The summed E-state index contributed by atoms with van der Waals surface area (Å²) in [7, 11) is 0. The van der Waals surface area contributed by atoms with E-state index in [1.165, 1.54) is 24.3 Å². The number of hydrogen-bond acceptors (Lipinski definition) is 5. The highest BCUT2D eigenvalue weighted by molar-refractivity contribution is 7.20. The molecule has 2 aromatic carbocycles. The van der Waals surface area contributed by atoms with Gasteiger partial charge < -0.3 is 15.5 Å². The van der Waals surface area contributed by atoms with Crippen LogP contribution in [0.1, 0.15) is 10.4 Å². The van der Waals surface area contributed by atoms with Gasteiger partial charge in [-0.05, 0) is 35.4 Å². The highest BCUT2D eigenvalue weighted by Gasteiger charge is 2.20. The Kier molecular flexibility index (Phi) is 5.11. The SMILES string of the molecule is O=C(O)CNC(=O)c1c(O)sc2cc(-c3ccc(F)c(Cl)c3)ccc2c1=O. The lowest BCUT2D eigenvalue weighted by Crippen LogP contribution is -2.32. The standard InChI is InChI=1S/C18H11ClFNO5S/c19-11-5-8(2-4-12(11)20)9-1-3-10-13(6-9)27-18(26)15(16(10)24)17(25)21-7-14(22)23/h1-6,26H,7H2,(H,21,25)(H,22,23). The van der Waals surface area contributed by atoms with Crippen molar-refractivity contribution in [2.75, 3.05) is 6.54 Å². The lowest BCUT2D eigenvalue weighted by molar-refractivity contribution is -0.135. The van der Waals surface area contributed by atoms with Gasteiger partial charge >= 0.3 is 5.97 Å². The molecular formula is C18H11ClFNO5S. The van der Waals surface area contributed by atoms with Gasteiger partial charge in [0, 0.05) is 10.1 Å². The van der Waals surface area contributed by atoms with E-state index in [-0.39, 0.29) is 10.4 Å². The Morgan fingerprint density at radius 2 is 1.81 bits per heavy atom. The van der Waals surface area contributed by atoms with E-state index < -0.39 is 40.3 Å². The maximum Gasteiger partial charge on any atom is 0.322 e. The van der Waals surface area contributed by atoms with E-state index in [0.29, 0.717) is 15.8 Å². The maximum atomic E-state index is 13.3. The van der Waals surface area contributed by atoms with Crippen LogP contribution in [-0.4, -0.2) is 28.6 Å². The molecule has 27 heavy (non-hydrogen) atoms. The summed E-state index contributed by atoms with van der Waals surface area (Å²) in [6.45, 7) is -0.676. The topological polar surface area (TPSA) is 104 Å². The second kappa shape index (κ2) is 7.34. The molecule has 0 fully saturated rings. The van der Waals surface area contributed by atoms with E-state index in [4.69, 9.17) is 16.7 Å². The van der Waals surface area contributed by atoms with Gasteiger partial charge in [0.05, 0.1) is 5.02 Å². The normalized spacial score (nSPS) is 10.7. The largest absolute Gasteiger partial charge is 0.499 e. The van der Waals surface area contributed by atoms with Crippen LogP contribution in [0.5, 0.6) is 5.06 Å². The zero-order valence-electron chi connectivity index (χ0n) is 13.5. The number of benzene rings is 2. The van der Waals surface area contributed by atoms with Gasteiger partial charge in [-0.3, -0.25) is 14.4 Å². The number of carboxylic acids is 1. The van der Waals surface area contributed by atoms with Crippen molar-refractivity contribution in [3.05, 3.63) is 63.0 Å².